The van der Waals surface area contributed by atoms with E-state index >= 15 is 0 Å². The average Bonchev–Trinajstić information content (AvgIpc) is 3.03. The van der Waals surface area contributed by atoms with Gasteiger partial charge in [-0.05, 0) is 24.6 Å². The van der Waals surface area contributed by atoms with Gasteiger partial charge in [0, 0.05) is 16.6 Å². The molecule has 2 N–H and O–H groups in total. The molecule has 0 aliphatic carbocycles. The molecule has 24 heavy (non-hydrogen) atoms. The molecule has 1 amide bonds. The van der Waals surface area contributed by atoms with Crippen LogP contribution in [0.4, 0.5) is 0 Å². The van der Waals surface area contributed by atoms with E-state index in [9.17, 15) is 4.79 Å². The van der Waals surface area contributed by atoms with Gasteiger partial charge in [0.1, 0.15) is 16.9 Å². The third-order valence-corrected chi connectivity index (χ3v) is 5.00. The summed E-state index contributed by atoms with van der Waals surface area (Å²) in [6.07, 6.45) is 2.99. The molecule has 0 saturated heterocycles. The highest BCUT2D eigenvalue weighted by Gasteiger charge is 2.17. The normalized spacial score (nSPS) is 12.3. The Kier molecular flexibility index (Phi) is 5.23. The topological polar surface area (TPSA) is 83.6 Å². The predicted molar refractivity (Wildman–Crippen MR) is 95.3 cm³/mol. The van der Waals surface area contributed by atoms with E-state index in [-0.39, 0.29) is 11.2 Å². The Bertz CT molecular complexity index is 885. The minimum absolute atomic E-state index is 0.114. The molecule has 6 nitrogen and oxygen atoms in total. The van der Waals surface area contributed by atoms with Crippen molar-refractivity contribution in [3.8, 4) is 0 Å². The number of aromatic amines is 1. The number of amides is 1. The van der Waals surface area contributed by atoms with Crippen LogP contribution in [0.1, 0.15) is 12.5 Å². The monoisotopic (exact) mass is 381 g/mol. The first-order valence-electron chi connectivity index (χ1n) is 7.07. The zero-order valence-electron chi connectivity index (χ0n) is 12.6. The number of carbonyl (C=O) groups is 1. The average molecular weight is 382 g/mol. The summed E-state index contributed by atoms with van der Waals surface area (Å²) < 4.78 is 0. The zero-order chi connectivity index (χ0) is 17.1. The third-order valence-electron chi connectivity index (χ3n) is 3.31. The summed E-state index contributed by atoms with van der Waals surface area (Å²) in [7, 11) is 0. The maximum atomic E-state index is 12.3. The molecule has 0 saturated carbocycles. The fourth-order valence-electron chi connectivity index (χ4n) is 2.04. The third kappa shape index (κ3) is 3.80. The van der Waals surface area contributed by atoms with Crippen LogP contribution in [-0.4, -0.2) is 31.1 Å². The standard InChI is InChI=1S/C15H13Cl2N5OS/c1-8(24-15-12-13(20-6-19-12)21-7-22-15)14(23)18-5-9-2-3-10(16)4-11(9)17/h2-4,6-8H,5H2,1H3,(H,18,23)(H,19,20,21,22)/t8-/m1/s1. The molecule has 2 aromatic heterocycles. The molecule has 0 aliphatic heterocycles. The zero-order valence-corrected chi connectivity index (χ0v) is 14.9. The summed E-state index contributed by atoms with van der Waals surface area (Å²) in [5.74, 6) is -0.114. The second-order valence-electron chi connectivity index (χ2n) is 4.99. The number of thioether (sulfide) groups is 1. The maximum absolute atomic E-state index is 12.3. The number of hydrogen-bond acceptors (Lipinski definition) is 5. The summed E-state index contributed by atoms with van der Waals surface area (Å²) in [5.41, 5.74) is 2.11. The van der Waals surface area contributed by atoms with Crippen molar-refractivity contribution in [1.82, 2.24) is 25.3 Å². The molecule has 0 aliphatic rings. The highest BCUT2D eigenvalue weighted by atomic mass is 35.5. The Balaban J connectivity index is 1.63. The Labute approximate surface area is 152 Å². The van der Waals surface area contributed by atoms with E-state index in [1.807, 2.05) is 6.92 Å². The first-order chi connectivity index (χ1) is 11.5. The summed E-state index contributed by atoms with van der Waals surface area (Å²) in [6.45, 7) is 2.15. The van der Waals surface area contributed by atoms with E-state index in [2.05, 4.69) is 25.3 Å². The second kappa shape index (κ2) is 7.38. The van der Waals surface area contributed by atoms with Gasteiger partial charge in [-0.1, -0.05) is 41.0 Å². The van der Waals surface area contributed by atoms with Gasteiger partial charge in [-0.15, -0.1) is 0 Å². The van der Waals surface area contributed by atoms with Crippen LogP contribution in [0.2, 0.25) is 10.0 Å². The highest BCUT2D eigenvalue weighted by Crippen LogP contribution is 2.26. The maximum Gasteiger partial charge on any atom is 0.233 e. The number of aromatic nitrogens is 4. The molecule has 0 spiro atoms. The van der Waals surface area contributed by atoms with Crippen molar-refractivity contribution in [1.29, 1.82) is 0 Å². The molecule has 2 heterocycles. The minimum Gasteiger partial charge on any atom is -0.351 e. The smallest absolute Gasteiger partial charge is 0.233 e. The summed E-state index contributed by atoms with van der Waals surface area (Å²) >= 11 is 13.3. The van der Waals surface area contributed by atoms with E-state index in [0.29, 0.717) is 27.3 Å². The van der Waals surface area contributed by atoms with Crippen molar-refractivity contribution in [2.24, 2.45) is 0 Å². The van der Waals surface area contributed by atoms with Crippen molar-refractivity contribution >= 4 is 52.0 Å². The van der Waals surface area contributed by atoms with E-state index in [1.54, 1.807) is 24.5 Å². The van der Waals surface area contributed by atoms with Crippen molar-refractivity contribution in [3.63, 3.8) is 0 Å². The van der Waals surface area contributed by atoms with Gasteiger partial charge in [0.15, 0.2) is 5.65 Å². The first kappa shape index (κ1) is 17.0. The summed E-state index contributed by atoms with van der Waals surface area (Å²) in [6, 6.07) is 5.18. The van der Waals surface area contributed by atoms with Gasteiger partial charge < -0.3 is 10.3 Å². The Hall–Kier alpha value is -1.83. The molecule has 0 radical (unpaired) electrons. The quantitative estimate of drug-likeness (QED) is 0.522. The number of H-pyrrole nitrogens is 1. The Morgan fingerprint density at radius 3 is 2.96 bits per heavy atom. The first-order valence-corrected chi connectivity index (χ1v) is 8.70. The van der Waals surface area contributed by atoms with E-state index in [0.717, 1.165) is 11.1 Å². The van der Waals surface area contributed by atoms with Gasteiger partial charge in [0.2, 0.25) is 5.91 Å². The molecule has 0 bridgehead atoms. The van der Waals surface area contributed by atoms with Gasteiger partial charge in [-0.3, -0.25) is 4.79 Å². The van der Waals surface area contributed by atoms with E-state index < -0.39 is 0 Å². The van der Waals surface area contributed by atoms with Crippen molar-refractivity contribution < 1.29 is 4.79 Å². The molecule has 124 valence electrons. The fourth-order valence-corrected chi connectivity index (χ4v) is 3.42. The van der Waals surface area contributed by atoms with Crippen LogP contribution in [0.15, 0.2) is 35.9 Å². The molecular formula is C15H13Cl2N5OS. The second-order valence-corrected chi connectivity index (χ2v) is 7.17. The van der Waals surface area contributed by atoms with Crippen LogP contribution < -0.4 is 5.32 Å². The number of rotatable bonds is 5. The molecule has 1 atom stereocenters. The van der Waals surface area contributed by atoms with E-state index in [4.69, 9.17) is 23.2 Å². The largest absolute Gasteiger partial charge is 0.351 e. The summed E-state index contributed by atoms with van der Waals surface area (Å²) in [5, 5.41) is 4.30. The highest BCUT2D eigenvalue weighted by molar-refractivity contribution is 8.00. The SMILES string of the molecule is C[C@@H](Sc1ncnc2nc[nH]c12)C(=O)NCc1ccc(Cl)cc1Cl. The Morgan fingerprint density at radius 2 is 2.17 bits per heavy atom. The Morgan fingerprint density at radius 1 is 1.33 bits per heavy atom. The number of benzene rings is 1. The molecule has 9 heteroatoms. The van der Waals surface area contributed by atoms with Gasteiger partial charge in [-0.2, -0.15) is 0 Å². The molecule has 3 rings (SSSR count). The lowest BCUT2D eigenvalue weighted by Crippen LogP contribution is -2.30. The van der Waals surface area contributed by atoms with Crippen molar-refractivity contribution in [2.45, 2.75) is 23.7 Å². The summed E-state index contributed by atoms with van der Waals surface area (Å²) in [4.78, 5) is 27.6. The van der Waals surface area contributed by atoms with E-state index in [1.165, 1.54) is 18.1 Å². The van der Waals surface area contributed by atoms with Crippen LogP contribution in [0.5, 0.6) is 0 Å². The van der Waals surface area contributed by atoms with Crippen LogP contribution >= 0.6 is 35.0 Å². The number of halogens is 2. The molecule has 1 aromatic carbocycles. The molecular weight excluding hydrogens is 369 g/mol. The molecule has 0 unspecified atom stereocenters. The van der Waals surface area contributed by atoms with Crippen LogP contribution in [0.25, 0.3) is 11.2 Å². The van der Waals surface area contributed by atoms with Crippen LogP contribution in [-0.2, 0) is 11.3 Å². The number of hydrogen-bond donors (Lipinski definition) is 2. The lowest BCUT2D eigenvalue weighted by Gasteiger charge is -2.12. The lowest BCUT2D eigenvalue weighted by atomic mass is 10.2. The van der Waals surface area contributed by atoms with Gasteiger partial charge in [0.05, 0.1) is 11.6 Å². The minimum atomic E-state index is -0.336. The van der Waals surface area contributed by atoms with Crippen LogP contribution in [0.3, 0.4) is 0 Å². The van der Waals surface area contributed by atoms with Crippen LogP contribution in [0, 0.1) is 0 Å². The number of nitrogens with zero attached hydrogens (tertiary/aromatic N) is 3. The fraction of sp³-hybridized carbons (Fsp3) is 0.200. The van der Waals surface area contributed by atoms with Crippen molar-refractivity contribution in [3.05, 3.63) is 46.5 Å². The van der Waals surface area contributed by atoms with Gasteiger partial charge in [0.25, 0.3) is 0 Å². The number of imidazole rings is 1. The van der Waals surface area contributed by atoms with Gasteiger partial charge >= 0.3 is 0 Å². The molecule has 3 aromatic rings. The number of fused-ring (bicyclic) bond motifs is 1. The van der Waals surface area contributed by atoms with Gasteiger partial charge in [-0.25, -0.2) is 15.0 Å². The van der Waals surface area contributed by atoms with Crippen molar-refractivity contribution in [2.75, 3.05) is 0 Å². The lowest BCUT2D eigenvalue weighted by molar-refractivity contribution is -0.120. The predicted octanol–water partition coefficient (Wildman–Crippen LogP) is 3.46. The number of carbonyl (C=O) groups excluding carboxylic acids is 1. The number of nitrogens with one attached hydrogen (secondary N) is 2. The molecule has 0 fully saturated rings.